The summed E-state index contributed by atoms with van der Waals surface area (Å²) in [6, 6.07) is 0. The van der Waals surface area contributed by atoms with Crippen molar-refractivity contribution in [1.82, 2.24) is 5.16 Å². The molecule has 1 atom stereocenters. The van der Waals surface area contributed by atoms with Crippen LogP contribution in [0, 0.1) is 6.92 Å². The molecule has 1 aliphatic rings. The summed E-state index contributed by atoms with van der Waals surface area (Å²) in [5.41, 5.74) is 1.68. The molecule has 1 N–H and O–H groups in total. The largest absolute Gasteiger partial charge is 0.476 e. The molecule has 0 saturated carbocycles. The van der Waals surface area contributed by atoms with Gasteiger partial charge in [0.2, 0.25) is 0 Å². The third-order valence-electron chi connectivity index (χ3n) is 2.65. The maximum absolute atomic E-state index is 10.8. The third-order valence-corrected chi connectivity index (χ3v) is 2.65. The molecular weight excluding hydrogens is 210 g/mol. The lowest BCUT2D eigenvalue weighted by molar-refractivity contribution is 0.0408. The molecule has 1 aromatic rings. The number of hydrogen-bond acceptors (Lipinski definition) is 4. The van der Waals surface area contributed by atoms with Crippen LogP contribution in [0.2, 0.25) is 0 Å². The number of nitrogens with zero attached hydrogens (tertiary/aromatic N) is 1. The predicted molar refractivity (Wildman–Crippen MR) is 55.3 cm³/mol. The van der Waals surface area contributed by atoms with Gasteiger partial charge in [0, 0.05) is 5.56 Å². The maximum Gasteiger partial charge on any atom is 0.358 e. The van der Waals surface area contributed by atoms with Gasteiger partial charge >= 0.3 is 5.97 Å². The van der Waals surface area contributed by atoms with Crippen LogP contribution in [-0.4, -0.2) is 22.8 Å². The average Bonchev–Trinajstić information content (AvgIpc) is 2.61. The smallest absolute Gasteiger partial charge is 0.358 e. The lowest BCUT2D eigenvalue weighted by atomic mass is 10.0. The summed E-state index contributed by atoms with van der Waals surface area (Å²) in [5.74, 6) is -0.559. The molecule has 1 unspecified atom stereocenters. The second-order valence-corrected chi connectivity index (χ2v) is 3.91. The van der Waals surface area contributed by atoms with Crippen LogP contribution in [0.15, 0.2) is 16.2 Å². The topological polar surface area (TPSA) is 72.6 Å². The van der Waals surface area contributed by atoms with Crippen molar-refractivity contribution in [1.29, 1.82) is 0 Å². The van der Waals surface area contributed by atoms with E-state index in [0.29, 0.717) is 24.4 Å². The predicted octanol–water partition coefficient (Wildman–Crippen LogP) is 2.09. The number of aromatic carboxylic acids is 1. The Hall–Kier alpha value is -1.62. The molecule has 0 aliphatic carbocycles. The first kappa shape index (κ1) is 10.9. The molecule has 0 bridgehead atoms. The van der Waals surface area contributed by atoms with Gasteiger partial charge in [0.05, 0.1) is 6.61 Å². The van der Waals surface area contributed by atoms with Crippen LogP contribution < -0.4 is 0 Å². The van der Waals surface area contributed by atoms with Crippen LogP contribution in [0.4, 0.5) is 0 Å². The summed E-state index contributed by atoms with van der Waals surface area (Å²) >= 11 is 0. The molecule has 0 aromatic carbocycles. The van der Waals surface area contributed by atoms with Gasteiger partial charge in [-0.3, -0.25) is 0 Å². The number of aromatic nitrogens is 1. The minimum Gasteiger partial charge on any atom is -0.476 e. The second kappa shape index (κ2) is 4.09. The van der Waals surface area contributed by atoms with E-state index in [2.05, 4.69) is 11.2 Å². The molecule has 1 aliphatic heterocycles. The van der Waals surface area contributed by atoms with Crippen molar-refractivity contribution in [3.05, 3.63) is 28.7 Å². The summed E-state index contributed by atoms with van der Waals surface area (Å²) in [6.07, 6.45) is 2.54. The fourth-order valence-electron chi connectivity index (χ4n) is 1.70. The molecule has 0 spiro atoms. The average molecular weight is 223 g/mol. The number of hydrogen-bond donors (Lipinski definition) is 1. The lowest BCUT2D eigenvalue weighted by Gasteiger charge is -2.19. The summed E-state index contributed by atoms with van der Waals surface area (Å²) in [5, 5.41) is 12.4. The summed E-state index contributed by atoms with van der Waals surface area (Å²) in [4.78, 5) is 10.8. The fraction of sp³-hybridized carbons (Fsp3) is 0.455. The van der Waals surface area contributed by atoms with Crippen molar-refractivity contribution in [2.45, 2.75) is 26.4 Å². The van der Waals surface area contributed by atoms with E-state index in [-0.39, 0.29) is 11.8 Å². The normalized spacial score (nSPS) is 20.6. The molecule has 0 saturated heterocycles. The Morgan fingerprint density at radius 3 is 2.81 bits per heavy atom. The van der Waals surface area contributed by atoms with E-state index in [1.165, 1.54) is 5.57 Å². The number of carboxylic acids is 1. The minimum absolute atomic E-state index is 0.0372. The zero-order chi connectivity index (χ0) is 11.7. The van der Waals surface area contributed by atoms with Crippen LogP contribution in [0.25, 0.3) is 0 Å². The van der Waals surface area contributed by atoms with Gasteiger partial charge in [-0.05, 0) is 20.3 Å². The van der Waals surface area contributed by atoms with E-state index in [9.17, 15) is 4.79 Å². The van der Waals surface area contributed by atoms with Crippen LogP contribution in [0.5, 0.6) is 0 Å². The molecule has 2 rings (SSSR count). The Morgan fingerprint density at radius 1 is 1.56 bits per heavy atom. The lowest BCUT2D eigenvalue weighted by Crippen LogP contribution is -2.11. The quantitative estimate of drug-likeness (QED) is 0.777. The van der Waals surface area contributed by atoms with E-state index < -0.39 is 5.97 Å². The Bertz CT molecular complexity index is 447. The second-order valence-electron chi connectivity index (χ2n) is 3.91. The Labute approximate surface area is 92.7 Å². The highest BCUT2D eigenvalue weighted by Gasteiger charge is 2.26. The van der Waals surface area contributed by atoms with Gasteiger partial charge in [-0.15, -0.1) is 0 Å². The highest BCUT2D eigenvalue weighted by atomic mass is 16.5. The van der Waals surface area contributed by atoms with Gasteiger partial charge in [-0.2, -0.15) is 0 Å². The molecular formula is C11H13NO4. The number of carbonyl (C=O) groups is 1. The van der Waals surface area contributed by atoms with Crippen LogP contribution in [0.1, 0.15) is 41.3 Å². The standard InChI is InChI=1S/C11H13NO4/c1-6-3-4-8(15-5-6)10-7(2)9(11(13)14)12-16-10/h3,8H,4-5H2,1-2H3,(H,13,14). The summed E-state index contributed by atoms with van der Waals surface area (Å²) < 4.78 is 10.6. The van der Waals surface area contributed by atoms with Crippen molar-refractivity contribution >= 4 is 5.97 Å². The number of rotatable bonds is 2. The van der Waals surface area contributed by atoms with Gasteiger partial charge < -0.3 is 14.4 Å². The van der Waals surface area contributed by atoms with Crippen LogP contribution in [0.3, 0.4) is 0 Å². The zero-order valence-electron chi connectivity index (χ0n) is 9.19. The molecule has 0 radical (unpaired) electrons. The molecule has 2 heterocycles. The van der Waals surface area contributed by atoms with Crippen molar-refractivity contribution in [3.63, 3.8) is 0 Å². The SMILES string of the molecule is CC1=CCC(c2onc(C(=O)O)c2C)OC1. The van der Waals surface area contributed by atoms with Crippen molar-refractivity contribution < 1.29 is 19.2 Å². The van der Waals surface area contributed by atoms with Gasteiger partial charge in [0.1, 0.15) is 6.10 Å². The fourth-order valence-corrected chi connectivity index (χ4v) is 1.70. The molecule has 16 heavy (non-hydrogen) atoms. The van der Waals surface area contributed by atoms with E-state index >= 15 is 0 Å². The molecule has 0 fully saturated rings. The Kier molecular flexibility index (Phi) is 2.78. The van der Waals surface area contributed by atoms with E-state index in [1.807, 2.05) is 6.92 Å². The highest BCUT2D eigenvalue weighted by molar-refractivity contribution is 5.87. The molecule has 1 aromatic heterocycles. The first-order valence-corrected chi connectivity index (χ1v) is 5.06. The van der Waals surface area contributed by atoms with Crippen LogP contribution >= 0.6 is 0 Å². The van der Waals surface area contributed by atoms with E-state index in [0.717, 1.165) is 0 Å². The van der Waals surface area contributed by atoms with E-state index in [4.69, 9.17) is 14.4 Å². The Balaban J connectivity index is 2.25. The minimum atomic E-state index is -1.07. The van der Waals surface area contributed by atoms with Crippen molar-refractivity contribution in [3.8, 4) is 0 Å². The van der Waals surface area contributed by atoms with Gasteiger partial charge in [-0.1, -0.05) is 16.8 Å². The summed E-state index contributed by atoms with van der Waals surface area (Å²) in [7, 11) is 0. The number of ether oxygens (including phenoxy) is 1. The molecule has 0 amide bonds. The molecule has 5 heteroatoms. The van der Waals surface area contributed by atoms with Crippen LogP contribution in [-0.2, 0) is 4.74 Å². The Morgan fingerprint density at radius 2 is 2.31 bits per heavy atom. The van der Waals surface area contributed by atoms with Gasteiger partial charge in [0.25, 0.3) is 0 Å². The zero-order valence-corrected chi connectivity index (χ0v) is 9.19. The molecule has 86 valence electrons. The summed E-state index contributed by atoms with van der Waals surface area (Å²) in [6.45, 7) is 4.23. The van der Waals surface area contributed by atoms with E-state index in [1.54, 1.807) is 6.92 Å². The highest BCUT2D eigenvalue weighted by Crippen LogP contribution is 2.30. The maximum atomic E-state index is 10.8. The van der Waals surface area contributed by atoms with Gasteiger partial charge in [-0.25, -0.2) is 4.79 Å². The third kappa shape index (κ3) is 1.86. The first-order valence-electron chi connectivity index (χ1n) is 5.06. The van der Waals surface area contributed by atoms with Crippen molar-refractivity contribution in [2.75, 3.05) is 6.61 Å². The number of carboxylic acid groups (broad SMARTS) is 1. The van der Waals surface area contributed by atoms with Gasteiger partial charge in [0.15, 0.2) is 11.5 Å². The van der Waals surface area contributed by atoms with Crippen molar-refractivity contribution in [2.24, 2.45) is 0 Å². The first-order chi connectivity index (χ1) is 7.59. The molecule has 5 nitrogen and oxygen atoms in total. The monoisotopic (exact) mass is 223 g/mol.